The Kier molecular flexibility index (Phi) is 1.91. The first-order chi connectivity index (χ1) is 6.34. The van der Waals surface area contributed by atoms with Crippen molar-refractivity contribution in [3.05, 3.63) is 36.9 Å². The molecular formula is C8H9N5. The molecule has 2 heterocycles. The van der Waals surface area contributed by atoms with Crippen molar-refractivity contribution in [2.24, 2.45) is 0 Å². The minimum absolute atomic E-state index is 0.578. The summed E-state index contributed by atoms with van der Waals surface area (Å²) in [5, 5.41) is 0. The van der Waals surface area contributed by atoms with Gasteiger partial charge in [-0.05, 0) is 0 Å². The van der Waals surface area contributed by atoms with Gasteiger partial charge in [-0.1, -0.05) is 0 Å². The first-order valence-electron chi connectivity index (χ1n) is 3.87. The van der Waals surface area contributed by atoms with Gasteiger partial charge in [-0.2, -0.15) is 0 Å². The first kappa shape index (κ1) is 7.72. The largest absolute Gasteiger partial charge is 0.396 e. The minimum Gasteiger partial charge on any atom is -0.396 e. The average molecular weight is 175 g/mol. The van der Waals surface area contributed by atoms with Crippen LogP contribution in [-0.4, -0.2) is 19.5 Å². The number of nitrogens with two attached hydrogens (primary N) is 1. The molecule has 0 amide bonds. The third kappa shape index (κ3) is 1.81. The Bertz CT molecular complexity index is 364. The number of hydrogen-bond acceptors (Lipinski definition) is 4. The predicted octanol–water partition coefficient (Wildman–Crippen LogP) is 0.304. The number of imidazole rings is 1. The quantitative estimate of drug-likeness (QED) is 0.712. The van der Waals surface area contributed by atoms with Crippen molar-refractivity contribution in [1.82, 2.24) is 19.5 Å². The maximum Gasteiger partial charge on any atom is 0.148 e. The zero-order chi connectivity index (χ0) is 9.10. The molecule has 0 aliphatic heterocycles. The van der Waals surface area contributed by atoms with Crippen LogP contribution in [0.5, 0.6) is 0 Å². The van der Waals surface area contributed by atoms with Crippen LogP contribution in [0.1, 0.15) is 5.82 Å². The second-order valence-corrected chi connectivity index (χ2v) is 2.67. The highest BCUT2D eigenvalue weighted by Crippen LogP contribution is 1.98. The molecule has 2 N–H and O–H groups in total. The second-order valence-electron chi connectivity index (χ2n) is 2.67. The topological polar surface area (TPSA) is 69.6 Å². The van der Waals surface area contributed by atoms with Crippen molar-refractivity contribution in [1.29, 1.82) is 0 Å². The van der Waals surface area contributed by atoms with Crippen LogP contribution in [0, 0.1) is 0 Å². The fourth-order valence-corrected chi connectivity index (χ4v) is 0.990. The molecule has 13 heavy (non-hydrogen) atoms. The normalized spacial score (nSPS) is 10.2. The summed E-state index contributed by atoms with van der Waals surface area (Å²) in [5.74, 6) is 0.729. The summed E-state index contributed by atoms with van der Waals surface area (Å²) in [5.41, 5.74) is 6.03. The third-order valence-electron chi connectivity index (χ3n) is 1.61. The summed E-state index contributed by atoms with van der Waals surface area (Å²) in [4.78, 5) is 12.1. The van der Waals surface area contributed by atoms with E-state index >= 15 is 0 Å². The Morgan fingerprint density at radius 3 is 2.69 bits per heavy atom. The molecular weight excluding hydrogens is 166 g/mol. The van der Waals surface area contributed by atoms with Crippen molar-refractivity contribution < 1.29 is 0 Å². The maximum absolute atomic E-state index is 5.46. The number of rotatable bonds is 2. The number of hydrogen-bond donors (Lipinski definition) is 1. The molecule has 0 atom stereocenters. The van der Waals surface area contributed by atoms with E-state index in [0.717, 1.165) is 5.82 Å². The zero-order valence-electron chi connectivity index (χ0n) is 6.96. The summed E-state index contributed by atoms with van der Waals surface area (Å²) in [6.07, 6.45) is 8.50. The van der Waals surface area contributed by atoms with E-state index in [4.69, 9.17) is 5.73 Å². The molecule has 2 aromatic rings. The standard InChI is InChI=1S/C8H9N5/c9-7-3-11-8(12-4-7)5-13-2-1-10-6-13/h1-4,6H,5,9H2. The summed E-state index contributed by atoms with van der Waals surface area (Å²) >= 11 is 0. The first-order valence-corrected chi connectivity index (χ1v) is 3.87. The molecule has 66 valence electrons. The van der Waals surface area contributed by atoms with E-state index in [1.165, 1.54) is 0 Å². The van der Waals surface area contributed by atoms with Gasteiger partial charge in [0, 0.05) is 12.4 Å². The molecule has 0 radical (unpaired) electrons. The summed E-state index contributed by atoms with van der Waals surface area (Å²) in [6.45, 7) is 0.625. The van der Waals surface area contributed by atoms with Gasteiger partial charge >= 0.3 is 0 Å². The molecule has 5 nitrogen and oxygen atoms in total. The molecule has 0 saturated carbocycles. The Labute approximate surface area is 75.3 Å². The van der Waals surface area contributed by atoms with Crippen LogP contribution < -0.4 is 5.73 Å². The molecule has 5 heteroatoms. The highest BCUT2D eigenvalue weighted by atomic mass is 15.1. The molecule has 0 aliphatic rings. The SMILES string of the molecule is Nc1cnc(Cn2ccnc2)nc1. The fraction of sp³-hybridized carbons (Fsp3) is 0.125. The van der Waals surface area contributed by atoms with Crippen molar-refractivity contribution in [2.45, 2.75) is 6.54 Å². The van der Waals surface area contributed by atoms with E-state index in [1.54, 1.807) is 24.9 Å². The van der Waals surface area contributed by atoms with Gasteiger partial charge in [0.2, 0.25) is 0 Å². The lowest BCUT2D eigenvalue weighted by molar-refractivity contribution is 0.743. The fourth-order valence-electron chi connectivity index (χ4n) is 0.990. The summed E-state index contributed by atoms with van der Waals surface area (Å²) < 4.78 is 1.89. The Hall–Kier alpha value is -1.91. The molecule has 2 rings (SSSR count). The molecule has 0 aliphatic carbocycles. The van der Waals surface area contributed by atoms with Gasteiger partial charge in [0.05, 0.1) is 31.0 Å². The van der Waals surface area contributed by atoms with Crippen LogP contribution in [0.25, 0.3) is 0 Å². The Morgan fingerprint density at radius 2 is 2.08 bits per heavy atom. The number of nitrogen functional groups attached to an aromatic ring is 1. The van der Waals surface area contributed by atoms with E-state index in [-0.39, 0.29) is 0 Å². The number of nitrogens with zero attached hydrogens (tertiary/aromatic N) is 4. The van der Waals surface area contributed by atoms with Gasteiger partial charge < -0.3 is 10.3 Å². The maximum atomic E-state index is 5.46. The van der Waals surface area contributed by atoms with Gasteiger partial charge in [-0.3, -0.25) is 0 Å². The highest BCUT2D eigenvalue weighted by molar-refractivity contribution is 5.30. The molecule has 0 saturated heterocycles. The van der Waals surface area contributed by atoms with Crippen molar-refractivity contribution >= 4 is 5.69 Å². The van der Waals surface area contributed by atoms with Crippen LogP contribution in [0.3, 0.4) is 0 Å². The van der Waals surface area contributed by atoms with Crippen LogP contribution >= 0.6 is 0 Å². The van der Waals surface area contributed by atoms with E-state index in [0.29, 0.717) is 12.2 Å². The van der Waals surface area contributed by atoms with E-state index in [9.17, 15) is 0 Å². The molecule has 0 bridgehead atoms. The van der Waals surface area contributed by atoms with E-state index in [2.05, 4.69) is 15.0 Å². The monoisotopic (exact) mass is 175 g/mol. The van der Waals surface area contributed by atoms with Gasteiger partial charge in [0.25, 0.3) is 0 Å². The lowest BCUT2D eigenvalue weighted by atomic mass is 10.5. The Morgan fingerprint density at radius 1 is 1.31 bits per heavy atom. The van der Waals surface area contributed by atoms with Gasteiger partial charge in [-0.15, -0.1) is 0 Å². The van der Waals surface area contributed by atoms with Gasteiger partial charge in [-0.25, -0.2) is 15.0 Å². The number of aromatic nitrogens is 4. The summed E-state index contributed by atoms with van der Waals surface area (Å²) in [7, 11) is 0. The lowest BCUT2D eigenvalue weighted by Gasteiger charge is -1.99. The number of anilines is 1. The highest BCUT2D eigenvalue weighted by Gasteiger charge is 1.96. The van der Waals surface area contributed by atoms with Gasteiger partial charge in [0.1, 0.15) is 5.82 Å². The summed E-state index contributed by atoms with van der Waals surface area (Å²) in [6, 6.07) is 0. The van der Waals surface area contributed by atoms with E-state index in [1.807, 2.05) is 10.8 Å². The molecule has 0 fully saturated rings. The van der Waals surface area contributed by atoms with Crippen LogP contribution in [0.2, 0.25) is 0 Å². The minimum atomic E-state index is 0.578. The van der Waals surface area contributed by atoms with Crippen LogP contribution in [0.4, 0.5) is 5.69 Å². The Balaban J connectivity index is 2.15. The smallest absolute Gasteiger partial charge is 0.148 e. The van der Waals surface area contributed by atoms with Gasteiger partial charge in [0.15, 0.2) is 0 Å². The average Bonchev–Trinajstić information content (AvgIpc) is 2.62. The van der Waals surface area contributed by atoms with Crippen molar-refractivity contribution in [3.8, 4) is 0 Å². The van der Waals surface area contributed by atoms with E-state index < -0.39 is 0 Å². The molecule has 0 aromatic carbocycles. The van der Waals surface area contributed by atoms with Crippen LogP contribution in [-0.2, 0) is 6.54 Å². The molecule has 2 aromatic heterocycles. The molecule has 0 spiro atoms. The molecule has 0 unspecified atom stereocenters. The predicted molar refractivity (Wildman–Crippen MR) is 47.8 cm³/mol. The van der Waals surface area contributed by atoms with Crippen molar-refractivity contribution in [3.63, 3.8) is 0 Å². The third-order valence-corrected chi connectivity index (χ3v) is 1.61. The lowest BCUT2D eigenvalue weighted by Crippen LogP contribution is -2.02. The van der Waals surface area contributed by atoms with Crippen molar-refractivity contribution in [2.75, 3.05) is 5.73 Å². The second kappa shape index (κ2) is 3.22. The van der Waals surface area contributed by atoms with Crippen LogP contribution in [0.15, 0.2) is 31.1 Å². The zero-order valence-corrected chi connectivity index (χ0v) is 6.96.